The van der Waals surface area contributed by atoms with Gasteiger partial charge in [-0.1, -0.05) is 0 Å². The highest BCUT2D eigenvalue weighted by molar-refractivity contribution is 7.19. The van der Waals surface area contributed by atoms with E-state index in [1.165, 1.54) is 9.58 Å². The molecule has 0 N–H and O–H groups in total. The van der Waals surface area contributed by atoms with Gasteiger partial charge in [0.2, 0.25) is 0 Å². The van der Waals surface area contributed by atoms with E-state index < -0.39 is 0 Å². The van der Waals surface area contributed by atoms with E-state index in [0.717, 1.165) is 35.1 Å². The van der Waals surface area contributed by atoms with Gasteiger partial charge in [0, 0.05) is 16.0 Å². The summed E-state index contributed by atoms with van der Waals surface area (Å²) in [5.41, 5.74) is 2.89. The smallest absolute Gasteiger partial charge is 0.306 e. The number of esters is 1. The van der Waals surface area contributed by atoms with Crippen LogP contribution in [-0.2, 0) is 28.8 Å². The molecule has 0 aliphatic rings. The van der Waals surface area contributed by atoms with Crippen LogP contribution >= 0.6 is 11.3 Å². The number of aryl methyl sites for hydroxylation is 3. The minimum atomic E-state index is -0.195. The van der Waals surface area contributed by atoms with Crippen LogP contribution in [0.3, 0.4) is 0 Å². The molecule has 1 aromatic heterocycles. The fourth-order valence-corrected chi connectivity index (χ4v) is 4.60. The van der Waals surface area contributed by atoms with Crippen LogP contribution in [0.25, 0.3) is 10.1 Å². The molecule has 162 valence electrons. The van der Waals surface area contributed by atoms with Crippen LogP contribution in [0, 0.1) is 11.3 Å². The highest BCUT2D eigenvalue weighted by atomic mass is 32.1. The Kier molecular flexibility index (Phi) is 7.91. The first kappa shape index (κ1) is 22.6. The fraction of sp³-hybridized carbons (Fsp3) is 0.360. The summed E-state index contributed by atoms with van der Waals surface area (Å²) in [7, 11) is 1.62. The molecule has 31 heavy (non-hydrogen) atoms. The molecule has 0 amide bonds. The molecule has 3 aromatic rings. The average Bonchev–Trinajstić information content (AvgIpc) is 3.19. The van der Waals surface area contributed by atoms with Crippen molar-refractivity contribution in [3.63, 3.8) is 0 Å². The number of carbonyl (C=O) groups is 1. The van der Waals surface area contributed by atoms with Gasteiger partial charge in [0.15, 0.2) is 11.5 Å². The van der Waals surface area contributed by atoms with Crippen molar-refractivity contribution >= 4 is 27.4 Å². The number of hydrogen-bond acceptors (Lipinski definition) is 6. The van der Waals surface area contributed by atoms with Crippen LogP contribution in [0.15, 0.2) is 36.4 Å². The monoisotopic (exact) mass is 437 g/mol. The van der Waals surface area contributed by atoms with Gasteiger partial charge in [-0.15, -0.1) is 11.3 Å². The number of nitriles is 1. The van der Waals surface area contributed by atoms with E-state index in [2.05, 4.69) is 12.1 Å². The summed E-state index contributed by atoms with van der Waals surface area (Å²) >= 11 is 1.75. The molecular weight excluding hydrogens is 410 g/mol. The molecule has 0 spiro atoms. The molecule has 0 aliphatic heterocycles. The van der Waals surface area contributed by atoms with Crippen LogP contribution in [-0.4, -0.2) is 26.3 Å². The zero-order valence-corrected chi connectivity index (χ0v) is 19.0. The van der Waals surface area contributed by atoms with Gasteiger partial charge in [0.1, 0.15) is 0 Å². The number of fused-ring (bicyclic) bond motifs is 1. The molecule has 0 unspecified atom stereocenters. The Labute approximate surface area is 187 Å². The second-order valence-electron chi connectivity index (χ2n) is 7.09. The molecule has 0 saturated carbocycles. The van der Waals surface area contributed by atoms with E-state index in [1.54, 1.807) is 18.4 Å². The van der Waals surface area contributed by atoms with Crippen LogP contribution in [0.1, 0.15) is 41.8 Å². The van der Waals surface area contributed by atoms with Gasteiger partial charge in [-0.05, 0) is 86.0 Å². The maximum Gasteiger partial charge on any atom is 0.306 e. The molecule has 0 aliphatic carbocycles. The molecule has 2 aromatic carbocycles. The van der Waals surface area contributed by atoms with Crippen LogP contribution in [0.5, 0.6) is 11.5 Å². The van der Waals surface area contributed by atoms with E-state index in [4.69, 9.17) is 19.5 Å². The SMILES string of the molecule is CCOC(=O)CCc1cc(OC)c(OCC)cc1CCc1cc2cc(C#N)ccc2s1. The van der Waals surface area contributed by atoms with Gasteiger partial charge in [0.05, 0.1) is 32.0 Å². The lowest BCUT2D eigenvalue weighted by Crippen LogP contribution is -2.07. The molecule has 0 atom stereocenters. The minimum absolute atomic E-state index is 0.195. The minimum Gasteiger partial charge on any atom is -0.493 e. The Balaban J connectivity index is 1.83. The lowest BCUT2D eigenvalue weighted by atomic mass is 9.97. The van der Waals surface area contributed by atoms with Gasteiger partial charge in [-0.2, -0.15) is 5.26 Å². The Morgan fingerprint density at radius 3 is 2.48 bits per heavy atom. The summed E-state index contributed by atoms with van der Waals surface area (Å²) in [5, 5.41) is 10.2. The van der Waals surface area contributed by atoms with Crippen LogP contribution in [0.4, 0.5) is 0 Å². The molecule has 6 heteroatoms. The van der Waals surface area contributed by atoms with Gasteiger partial charge in [-0.25, -0.2) is 0 Å². The first-order valence-electron chi connectivity index (χ1n) is 10.5. The number of rotatable bonds is 10. The topological polar surface area (TPSA) is 68.6 Å². The first-order chi connectivity index (χ1) is 15.1. The molecule has 5 nitrogen and oxygen atoms in total. The van der Waals surface area contributed by atoms with Gasteiger partial charge >= 0.3 is 5.97 Å². The quantitative estimate of drug-likeness (QED) is 0.394. The van der Waals surface area contributed by atoms with Crippen molar-refractivity contribution in [1.82, 2.24) is 0 Å². The maximum atomic E-state index is 11.9. The van der Waals surface area contributed by atoms with E-state index in [1.807, 2.05) is 44.2 Å². The first-order valence-corrected chi connectivity index (χ1v) is 11.3. The zero-order chi connectivity index (χ0) is 22.2. The number of nitrogens with zero attached hydrogens (tertiary/aromatic N) is 1. The summed E-state index contributed by atoms with van der Waals surface area (Å²) in [6, 6.07) is 14.2. The van der Waals surface area contributed by atoms with Crippen molar-refractivity contribution in [1.29, 1.82) is 5.26 Å². The fourth-order valence-electron chi connectivity index (χ4n) is 3.56. The van der Waals surface area contributed by atoms with Gasteiger partial charge < -0.3 is 14.2 Å². The number of carbonyl (C=O) groups excluding carboxylic acids is 1. The highest BCUT2D eigenvalue weighted by Crippen LogP contribution is 2.33. The Morgan fingerprint density at radius 2 is 1.77 bits per heavy atom. The molecular formula is C25H27NO4S. The standard InChI is InChI=1S/C25H27NO4S/c1-4-29-23-15-18(19(14-22(23)28-3)8-11-25(27)30-5-2)7-9-21-13-20-12-17(16-26)6-10-24(20)31-21/h6,10,12-15H,4-5,7-9,11H2,1-3H3. The summed E-state index contributed by atoms with van der Waals surface area (Å²) in [6.45, 7) is 4.70. The van der Waals surface area contributed by atoms with Crippen molar-refractivity contribution in [2.24, 2.45) is 0 Å². The van der Waals surface area contributed by atoms with Crippen molar-refractivity contribution in [2.45, 2.75) is 39.5 Å². The Bertz CT molecular complexity index is 1100. The summed E-state index contributed by atoms with van der Waals surface area (Å²) in [6.07, 6.45) is 2.61. The van der Waals surface area contributed by atoms with Crippen molar-refractivity contribution in [3.8, 4) is 17.6 Å². The molecule has 0 bridgehead atoms. The van der Waals surface area contributed by atoms with E-state index in [-0.39, 0.29) is 5.97 Å². The van der Waals surface area contributed by atoms with Gasteiger partial charge in [-0.3, -0.25) is 4.79 Å². The second kappa shape index (κ2) is 10.8. The lowest BCUT2D eigenvalue weighted by molar-refractivity contribution is -0.143. The number of ether oxygens (including phenoxy) is 3. The number of thiophene rings is 1. The summed E-state index contributed by atoms with van der Waals surface area (Å²) in [5.74, 6) is 1.20. The predicted octanol–water partition coefficient (Wildman–Crippen LogP) is 5.46. The third-order valence-electron chi connectivity index (χ3n) is 5.03. The maximum absolute atomic E-state index is 11.9. The summed E-state index contributed by atoms with van der Waals surface area (Å²) < 4.78 is 17.5. The molecule has 0 fully saturated rings. The average molecular weight is 438 g/mol. The van der Waals surface area contributed by atoms with Crippen LogP contribution in [0.2, 0.25) is 0 Å². The normalized spacial score (nSPS) is 10.6. The largest absolute Gasteiger partial charge is 0.493 e. The Hall–Kier alpha value is -3.04. The third-order valence-corrected chi connectivity index (χ3v) is 6.20. The van der Waals surface area contributed by atoms with E-state index >= 15 is 0 Å². The summed E-state index contributed by atoms with van der Waals surface area (Å²) in [4.78, 5) is 13.1. The van der Waals surface area contributed by atoms with Crippen molar-refractivity contribution < 1.29 is 19.0 Å². The number of hydrogen-bond donors (Lipinski definition) is 0. The van der Waals surface area contributed by atoms with Crippen LogP contribution < -0.4 is 9.47 Å². The molecule has 0 radical (unpaired) electrons. The lowest BCUT2D eigenvalue weighted by Gasteiger charge is -2.16. The Morgan fingerprint density at radius 1 is 1.00 bits per heavy atom. The van der Waals surface area contributed by atoms with Crippen molar-refractivity contribution in [2.75, 3.05) is 20.3 Å². The third kappa shape index (κ3) is 5.77. The number of benzene rings is 2. The molecule has 1 heterocycles. The molecule has 0 saturated heterocycles. The predicted molar refractivity (Wildman–Crippen MR) is 123 cm³/mol. The van der Waals surface area contributed by atoms with E-state index in [9.17, 15) is 4.79 Å². The van der Waals surface area contributed by atoms with E-state index in [0.29, 0.717) is 37.4 Å². The second-order valence-corrected chi connectivity index (χ2v) is 8.26. The number of methoxy groups -OCH3 is 1. The van der Waals surface area contributed by atoms with Crippen molar-refractivity contribution in [3.05, 3.63) is 58.0 Å². The highest BCUT2D eigenvalue weighted by Gasteiger charge is 2.14. The van der Waals surface area contributed by atoms with Gasteiger partial charge in [0.25, 0.3) is 0 Å². The zero-order valence-electron chi connectivity index (χ0n) is 18.2. The molecule has 3 rings (SSSR count).